The summed E-state index contributed by atoms with van der Waals surface area (Å²) < 4.78 is 6.54. The molecule has 1 aromatic carbocycles. The minimum Gasteiger partial charge on any atom is -0.381 e. The number of likely N-dealkylation sites (N-methyl/N-ethyl adjacent to an activating group) is 1. The lowest BCUT2D eigenvalue weighted by atomic mass is 9.87. The molecule has 8 nitrogen and oxygen atoms in total. The van der Waals surface area contributed by atoms with Gasteiger partial charge in [0, 0.05) is 88.3 Å². The molecule has 0 unspecified atom stereocenters. The molecule has 0 saturated carbocycles. The second-order valence-corrected chi connectivity index (χ2v) is 13.0. The van der Waals surface area contributed by atoms with Crippen LogP contribution in [0.15, 0.2) is 30.4 Å². The summed E-state index contributed by atoms with van der Waals surface area (Å²) in [5.41, 5.74) is 1.47. The number of piperazine rings is 1. The number of fused-ring (bicyclic) bond motifs is 1. The maximum absolute atomic E-state index is 13.7. The average Bonchev–Trinajstić information content (AvgIpc) is 3.37. The number of thiazole rings is 1. The number of nitrogens with one attached hydrogen (secondary N) is 1. The molecule has 2 aliphatic heterocycles. The van der Waals surface area contributed by atoms with Crippen LogP contribution in [0.1, 0.15) is 50.5 Å². The van der Waals surface area contributed by atoms with Crippen molar-refractivity contribution in [2.24, 2.45) is 11.8 Å². The molecule has 0 radical (unpaired) electrons. The number of hydrogen-bond donors (Lipinski definition) is 1. The van der Waals surface area contributed by atoms with Crippen molar-refractivity contribution in [1.29, 1.82) is 0 Å². The van der Waals surface area contributed by atoms with Crippen molar-refractivity contribution in [3.63, 3.8) is 0 Å². The molecule has 0 spiro atoms. The number of halogens is 1. The first-order valence-corrected chi connectivity index (χ1v) is 16.0. The summed E-state index contributed by atoms with van der Waals surface area (Å²) in [7, 11) is 2.11. The van der Waals surface area contributed by atoms with Crippen molar-refractivity contribution in [3.05, 3.63) is 40.4 Å². The highest BCUT2D eigenvalue weighted by molar-refractivity contribution is 7.18. The van der Waals surface area contributed by atoms with E-state index < -0.39 is 5.92 Å². The molecule has 1 amide bonds. The molecule has 4 rings (SSSR count). The van der Waals surface area contributed by atoms with E-state index in [1.165, 1.54) is 11.3 Å². The van der Waals surface area contributed by atoms with Crippen molar-refractivity contribution in [2.45, 2.75) is 57.9 Å². The second kappa shape index (κ2) is 15.3. The predicted molar refractivity (Wildman–Crippen MR) is 165 cm³/mol. The molecule has 2 atom stereocenters. The summed E-state index contributed by atoms with van der Waals surface area (Å²) in [4.78, 5) is 48.6. The van der Waals surface area contributed by atoms with Crippen molar-refractivity contribution in [3.8, 4) is 0 Å². The van der Waals surface area contributed by atoms with Crippen LogP contribution in [0.25, 0.3) is 10.2 Å². The number of nitrogens with zero attached hydrogens (tertiary/aromatic N) is 3. The fourth-order valence-corrected chi connectivity index (χ4v) is 6.92. The van der Waals surface area contributed by atoms with Gasteiger partial charge in [0.15, 0.2) is 5.78 Å². The van der Waals surface area contributed by atoms with Gasteiger partial charge in [0.25, 0.3) is 0 Å². The molecular weight excluding hydrogens is 560 g/mol. The summed E-state index contributed by atoms with van der Waals surface area (Å²) in [6.07, 6.45) is 3.48. The van der Waals surface area contributed by atoms with Crippen LogP contribution < -0.4 is 5.32 Å². The largest absolute Gasteiger partial charge is 0.381 e. The minimum atomic E-state index is -0.524. The van der Waals surface area contributed by atoms with Crippen molar-refractivity contribution < 1.29 is 19.1 Å². The summed E-state index contributed by atoms with van der Waals surface area (Å²) in [6.45, 7) is 11.7. The Morgan fingerprint density at radius 1 is 1.20 bits per heavy atom. The average molecular weight is 603 g/mol. The normalized spacial score (nSPS) is 18.7. The van der Waals surface area contributed by atoms with Crippen LogP contribution in [0.4, 0.5) is 0 Å². The van der Waals surface area contributed by atoms with E-state index in [1.807, 2.05) is 19.1 Å². The zero-order chi connectivity index (χ0) is 29.4. The molecule has 3 heterocycles. The highest BCUT2D eigenvalue weighted by Crippen LogP contribution is 2.28. The van der Waals surface area contributed by atoms with Gasteiger partial charge in [-0.15, -0.1) is 11.3 Å². The van der Waals surface area contributed by atoms with Gasteiger partial charge in [0.1, 0.15) is 5.78 Å². The quantitative estimate of drug-likeness (QED) is 0.317. The van der Waals surface area contributed by atoms with E-state index in [0.717, 1.165) is 54.2 Å². The highest BCUT2D eigenvalue weighted by atomic mass is 35.5. The van der Waals surface area contributed by atoms with E-state index in [9.17, 15) is 14.4 Å². The van der Waals surface area contributed by atoms with Crippen LogP contribution in [0, 0.1) is 11.8 Å². The zero-order valence-corrected chi connectivity index (χ0v) is 25.9. The lowest BCUT2D eigenvalue weighted by Crippen LogP contribution is -2.46. The maximum atomic E-state index is 13.7. The first kappa shape index (κ1) is 31.8. The van der Waals surface area contributed by atoms with Gasteiger partial charge in [0.2, 0.25) is 5.91 Å². The standard InChI is InChI=1S/C31H43ClN4O4S/c1-4-25(37)17-23(18-30-33-27-6-5-24(32)19-29(27)41-30)31(39)34-26(22-9-15-40-16-10-22)7-8-28(38)21(2)20-36-13-11-35(3)12-14-36/h5-6,19,22-23,26H,2,4,7-18,20H2,1,3H3,(H,34,39)/t23-,26+/m0/s1. The lowest BCUT2D eigenvalue weighted by Gasteiger charge is -2.33. The number of carbonyl (C=O) groups excluding carboxylic acids is 3. The molecule has 2 aliphatic rings. The third kappa shape index (κ3) is 9.41. The van der Waals surface area contributed by atoms with E-state index >= 15 is 0 Å². The van der Waals surface area contributed by atoms with Gasteiger partial charge in [-0.05, 0) is 50.4 Å². The third-order valence-electron chi connectivity index (χ3n) is 8.30. The van der Waals surface area contributed by atoms with Crippen LogP contribution in [0.5, 0.6) is 0 Å². The highest BCUT2D eigenvalue weighted by Gasteiger charge is 2.30. The number of benzene rings is 1. The Hall–Kier alpha value is -2.17. The number of rotatable bonds is 14. The van der Waals surface area contributed by atoms with Gasteiger partial charge < -0.3 is 15.0 Å². The molecule has 2 saturated heterocycles. The molecule has 10 heteroatoms. The van der Waals surface area contributed by atoms with Gasteiger partial charge >= 0.3 is 0 Å². The number of hydrogen-bond acceptors (Lipinski definition) is 8. The van der Waals surface area contributed by atoms with E-state index in [2.05, 4.69) is 28.7 Å². The maximum Gasteiger partial charge on any atom is 0.224 e. The van der Waals surface area contributed by atoms with Gasteiger partial charge in [-0.3, -0.25) is 19.3 Å². The van der Waals surface area contributed by atoms with Gasteiger partial charge in [-0.2, -0.15) is 0 Å². The fraction of sp³-hybridized carbons (Fsp3) is 0.613. The number of amides is 1. The molecule has 224 valence electrons. The number of Topliss-reactive ketones (excluding diaryl/α,β-unsaturated/α-hetero) is 2. The lowest BCUT2D eigenvalue weighted by molar-refractivity contribution is -0.130. The van der Waals surface area contributed by atoms with Crippen LogP contribution in [0.3, 0.4) is 0 Å². The van der Waals surface area contributed by atoms with Crippen LogP contribution in [0.2, 0.25) is 5.02 Å². The van der Waals surface area contributed by atoms with Gasteiger partial charge in [-0.25, -0.2) is 4.98 Å². The van der Waals surface area contributed by atoms with Crippen LogP contribution in [-0.2, 0) is 25.5 Å². The fourth-order valence-electron chi connectivity index (χ4n) is 5.59. The van der Waals surface area contributed by atoms with Crippen LogP contribution in [-0.4, -0.2) is 91.3 Å². The number of aromatic nitrogens is 1. The molecule has 0 aliphatic carbocycles. The Kier molecular flexibility index (Phi) is 11.9. The SMILES string of the molecule is C=C(CN1CCN(C)CC1)C(=O)CC[C@@H](NC(=O)[C@@H](CC(=O)CC)Cc1nc2ccc(Cl)cc2s1)C1CCOCC1. The van der Waals surface area contributed by atoms with E-state index in [-0.39, 0.29) is 35.9 Å². The molecule has 1 aromatic heterocycles. The summed E-state index contributed by atoms with van der Waals surface area (Å²) >= 11 is 7.66. The number of ether oxygens (including phenoxy) is 1. The number of carbonyl (C=O) groups is 3. The molecule has 2 aromatic rings. The Balaban J connectivity index is 1.41. The molecule has 0 bridgehead atoms. The van der Waals surface area contributed by atoms with E-state index in [0.29, 0.717) is 56.0 Å². The van der Waals surface area contributed by atoms with E-state index in [4.69, 9.17) is 21.3 Å². The van der Waals surface area contributed by atoms with Crippen molar-refractivity contribution in [2.75, 3.05) is 53.0 Å². The van der Waals surface area contributed by atoms with Gasteiger partial charge in [0.05, 0.1) is 21.1 Å². The smallest absolute Gasteiger partial charge is 0.224 e. The van der Waals surface area contributed by atoms with Gasteiger partial charge in [-0.1, -0.05) is 25.1 Å². The summed E-state index contributed by atoms with van der Waals surface area (Å²) in [5.74, 6) is -0.347. The third-order valence-corrected chi connectivity index (χ3v) is 9.58. The molecule has 41 heavy (non-hydrogen) atoms. The van der Waals surface area contributed by atoms with E-state index in [1.54, 1.807) is 6.07 Å². The van der Waals surface area contributed by atoms with Crippen LogP contribution >= 0.6 is 22.9 Å². The molecule has 2 fully saturated rings. The Labute approximate surface area is 252 Å². The second-order valence-electron chi connectivity index (χ2n) is 11.4. The molecule has 1 N–H and O–H groups in total. The predicted octanol–water partition coefficient (Wildman–Crippen LogP) is 4.54. The first-order valence-electron chi connectivity index (χ1n) is 14.8. The molecular formula is C31H43ClN4O4S. The number of ketones is 2. The topological polar surface area (TPSA) is 91.8 Å². The van der Waals surface area contributed by atoms with Crippen molar-refractivity contribution in [1.82, 2.24) is 20.1 Å². The Morgan fingerprint density at radius 2 is 1.93 bits per heavy atom. The first-order chi connectivity index (χ1) is 19.7. The zero-order valence-electron chi connectivity index (χ0n) is 24.3. The summed E-state index contributed by atoms with van der Waals surface area (Å²) in [5, 5.41) is 4.72. The summed E-state index contributed by atoms with van der Waals surface area (Å²) in [6, 6.07) is 5.39. The Morgan fingerprint density at radius 3 is 2.63 bits per heavy atom. The Bertz CT molecular complexity index is 1220. The monoisotopic (exact) mass is 602 g/mol. The minimum absolute atomic E-state index is 0.0484. The van der Waals surface area contributed by atoms with Crippen molar-refractivity contribution >= 4 is 50.6 Å².